The Balaban J connectivity index is 1.72. The highest BCUT2D eigenvalue weighted by atomic mass is 35.5. The van der Waals surface area contributed by atoms with Gasteiger partial charge in [0.25, 0.3) is 5.91 Å². The van der Waals surface area contributed by atoms with E-state index in [2.05, 4.69) is 5.32 Å². The number of furan rings is 1. The SMILES string of the molecule is CCN(CC)S(=O)(=O)c1cc(NC(=O)c2ccc(COc3ccccc3C#N)o2)ccc1Cl. The van der Waals surface area contributed by atoms with Gasteiger partial charge in [-0.05, 0) is 42.5 Å². The normalized spacial score (nSPS) is 11.2. The van der Waals surface area contributed by atoms with Crippen molar-refractivity contribution in [3.8, 4) is 11.8 Å². The molecule has 1 aromatic heterocycles. The maximum atomic E-state index is 12.8. The third-order valence-electron chi connectivity index (χ3n) is 4.78. The van der Waals surface area contributed by atoms with Crippen molar-refractivity contribution in [1.82, 2.24) is 4.31 Å². The lowest BCUT2D eigenvalue weighted by Gasteiger charge is -2.19. The molecule has 2 aromatic carbocycles. The summed E-state index contributed by atoms with van der Waals surface area (Å²) in [7, 11) is -3.80. The highest BCUT2D eigenvalue weighted by Gasteiger charge is 2.25. The zero-order valence-corrected chi connectivity index (χ0v) is 19.6. The number of ether oxygens (including phenoxy) is 1. The Kier molecular flexibility index (Phi) is 7.76. The van der Waals surface area contributed by atoms with Crippen molar-refractivity contribution >= 4 is 33.2 Å². The molecule has 3 rings (SSSR count). The molecule has 0 radical (unpaired) electrons. The number of hydrogen-bond donors (Lipinski definition) is 1. The Hall–Kier alpha value is -3.32. The second kappa shape index (κ2) is 10.5. The van der Waals surface area contributed by atoms with E-state index < -0.39 is 15.9 Å². The minimum absolute atomic E-state index is 0.0188. The second-order valence-electron chi connectivity index (χ2n) is 6.85. The largest absolute Gasteiger partial charge is 0.484 e. The lowest BCUT2D eigenvalue weighted by atomic mass is 10.2. The van der Waals surface area contributed by atoms with Crippen molar-refractivity contribution < 1.29 is 22.4 Å². The first-order valence-corrected chi connectivity index (χ1v) is 11.9. The number of nitrogens with one attached hydrogen (secondary N) is 1. The van der Waals surface area contributed by atoms with Gasteiger partial charge in [0.1, 0.15) is 29.1 Å². The highest BCUT2D eigenvalue weighted by molar-refractivity contribution is 7.89. The lowest BCUT2D eigenvalue weighted by molar-refractivity contribution is 0.0992. The van der Waals surface area contributed by atoms with Crippen LogP contribution >= 0.6 is 11.6 Å². The summed E-state index contributed by atoms with van der Waals surface area (Å²) in [4.78, 5) is 12.5. The van der Waals surface area contributed by atoms with Crippen LogP contribution in [0.5, 0.6) is 5.75 Å². The Morgan fingerprint density at radius 1 is 1.15 bits per heavy atom. The average Bonchev–Trinajstić information content (AvgIpc) is 3.29. The van der Waals surface area contributed by atoms with Crippen LogP contribution in [0.3, 0.4) is 0 Å². The van der Waals surface area contributed by atoms with E-state index in [1.807, 2.05) is 6.07 Å². The van der Waals surface area contributed by atoms with E-state index in [0.717, 1.165) is 0 Å². The quantitative estimate of drug-likeness (QED) is 0.469. The van der Waals surface area contributed by atoms with Crippen LogP contribution in [0, 0.1) is 11.3 Å². The van der Waals surface area contributed by atoms with Crippen LogP contribution in [-0.2, 0) is 16.6 Å². The van der Waals surface area contributed by atoms with Gasteiger partial charge in [-0.3, -0.25) is 4.79 Å². The molecule has 3 aromatic rings. The summed E-state index contributed by atoms with van der Waals surface area (Å²) in [5, 5.41) is 11.8. The Labute approximate surface area is 197 Å². The van der Waals surface area contributed by atoms with Gasteiger partial charge in [0.2, 0.25) is 10.0 Å². The van der Waals surface area contributed by atoms with Gasteiger partial charge < -0.3 is 14.5 Å². The number of carbonyl (C=O) groups excluding carboxylic acids is 1. The Morgan fingerprint density at radius 2 is 1.88 bits per heavy atom. The molecule has 8 nitrogen and oxygen atoms in total. The van der Waals surface area contributed by atoms with E-state index in [1.165, 1.54) is 28.6 Å². The van der Waals surface area contributed by atoms with E-state index in [9.17, 15) is 13.2 Å². The Morgan fingerprint density at radius 3 is 2.58 bits per heavy atom. The molecule has 10 heteroatoms. The molecule has 0 aliphatic heterocycles. The molecular weight excluding hydrogens is 466 g/mol. The summed E-state index contributed by atoms with van der Waals surface area (Å²) in [6.45, 7) is 4.08. The van der Waals surface area contributed by atoms with Gasteiger partial charge in [-0.15, -0.1) is 0 Å². The number of nitrogens with zero attached hydrogens (tertiary/aromatic N) is 2. The molecule has 0 saturated heterocycles. The van der Waals surface area contributed by atoms with E-state index in [4.69, 9.17) is 26.0 Å². The molecule has 1 N–H and O–H groups in total. The number of nitriles is 1. The first-order valence-electron chi connectivity index (χ1n) is 10.1. The van der Waals surface area contributed by atoms with E-state index in [1.54, 1.807) is 44.2 Å². The standard InChI is InChI=1S/C23H22ClN3O5S/c1-3-27(4-2)33(29,30)22-13-17(9-11-19(22)24)26-23(28)21-12-10-18(32-21)15-31-20-8-6-5-7-16(20)14-25/h5-13H,3-4,15H2,1-2H3,(H,26,28). The fraction of sp³-hybridized carbons (Fsp3) is 0.217. The molecule has 0 unspecified atom stereocenters. The van der Waals surface area contributed by atoms with Gasteiger partial charge in [-0.1, -0.05) is 37.6 Å². The average molecular weight is 488 g/mol. The van der Waals surface area contributed by atoms with Crippen molar-refractivity contribution in [2.45, 2.75) is 25.3 Å². The number of halogens is 1. The van der Waals surface area contributed by atoms with Crippen molar-refractivity contribution in [3.05, 3.63) is 76.7 Å². The number of carbonyl (C=O) groups is 1. The number of hydrogen-bond acceptors (Lipinski definition) is 6. The maximum Gasteiger partial charge on any atom is 0.291 e. The number of rotatable bonds is 9. The first-order chi connectivity index (χ1) is 15.8. The minimum Gasteiger partial charge on any atom is -0.484 e. The third kappa shape index (κ3) is 5.54. The van der Waals surface area contributed by atoms with Crippen molar-refractivity contribution in [2.24, 2.45) is 0 Å². The van der Waals surface area contributed by atoms with Crippen LogP contribution in [0.4, 0.5) is 5.69 Å². The fourth-order valence-electron chi connectivity index (χ4n) is 3.09. The number of anilines is 1. The number of benzene rings is 2. The monoisotopic (exact) mass is 487 g/mol. The number of amides is 1. The fourth-order valence-corrected chi connectivity index (χ4v) is 5.04. The molecule has 33 heavy (non-hydrogen) atoms. The van der Waals surface area contributed by atoms with Crippen LogP contribution in [0.2, 0.25) is 5.02 Å². The first kappa shape index (κ1) is 24.3. The number of sulfonamides is 1. The van der Waals surface area contributed by atoms with Crippen molar-refractivity contribution in [3.63, 3.8) is 0 Å². The molecule has 0 aliphatic rings. The van der Waals surface area contributed by atoms with Crippen molar-refractivity contribution in [2.75, 3.05) is 18.4 Å². The highest BCUT2D eigenvalue weighted by Crippen LogP contribution is 2.28. The van der Waals surface area contributed by atoms with Gasteiger partial charge in [-0.2, -0.15) is 9.57 Å². The van der Waals surface area contributed by atoms with Crippen LogP contribution < -0.4 is 10.1 Å². The van der Waals surface area contributed by atoms with Crippen LogP contribution in [0.15, 0.2) is 63.9 Å². The van der Waals surface area contributed by atoms with Crippen molar-refractivity contribution in [1.29, 1.82) is 5.26 Å². The predicted molar refractivity (Wildman–Crippen MR) is 124 cm³/mol. The van der Waals surface area contributed by atoms with Gasteiger partial charge >= 0.3 is 0 Å². The zero-order valence-electron chi connectivity index (χ0n) is 18.0. The third-order valence-corrected chi connectivity index (χ3v) is 7.31. The summed E-state index contributed by atoms with van der Waals surface area (Å²) >= 11 is 6.13. The summed E-state index contributed by atoms with van der Waals surface area (Å²) in [5.74, 6) is 0.247. The molecule has 1 heterocycles. The maximum absolute atomic E-state index is 12.8. The van der Waals surface area contributed by atoms with Crippen LogP contribution in [0.1, 0.15) is 35.7 Å². The molecule has 0 spiro atoms. The zero-order chi connectivity index (χ0) is 24.0. The molecule has 0 bridgehead atoms. The van der Waals surface area contributed by atoms with Gasteiger partial charge in [0.15, 0.2) is 5.76 Å². The molecule has 0 saturated carbocycles. The molecule has 0 atom stereocenters. The Bertz CT molecular complexity index is 1290. The predicted octanol–water partition coefficient (Wildman–Crippen LogP) is 4.67. The second-order valence-corrected chi connectivity index (χ2v) is 9.16. The molecule has 0 aliphatic carbocycles. The van der Waals surface area contributed by atoms with Gasteiger partial charge in [-0.25, -0.2) is 8.42 Å². The summed E-state index contributed by atoms with van der Waals surface area (Å²) in [5.41, 5.74) is 0.646. The van der Waals surface area contributed by atoms with E-state index in [0.29, 0.717) is 30.2 Å². The summed E-state index contributed by atoms with van der Waals surface area (Å²) < 4.78 is 38.1. The summed E-state index contributed by atoms with van der Waals surface area (Å²) in [6, 6.07) is 16.1. The van der Waals surface area contributed by atoms with E-state index >= 15 is 0 Å². The lowest BCUT2D eigenvalue weighted by Crippen LogP contribution is -2.30. The van der Waals surface area contributed by atoms with E-state index in [-0.39, 0.29) is 28.0 Å². The number of para-hydroxylation sites is 1. The van der Waals surface area contributed by atoms with Crippen LogP contribution in [-0.4, -0.2) is 31.7 Å². The molecule has 172 valence electrons. The van der Waals surface area contributed by atoms with Gasteiger partial charge in [0.05, 0.1) is 10.6 Å². The molecular formula is C23H22ClN3O5S. The summed E-state index contributed by atoms with van der Waals surface area (Å²) in [6.07, 6.45) is 0. The topological polar surface area (TPSA) is 113 Å². The van der Waals surface area contributed by atoms with Crippen LogP contribution in [0.25, 0.3) is 0 Å². The van der Waals surface area contributed by atoms with Gasteiger partial charge in [0, 0.05) is 18.8 Å². The molecule has 1 amide bonds. The smallest absolute Gasteiger partial charge is 0.291 e. The minimum atomic E-state index is -3.80. The molecule has 0 fully saturated rings.